The van der Waals surface area contributed by atoms with Crippen LogP contribution in [0.1, 0.15) is 44.3 Å². The van der Waals surface area contributed by atoms with Crippen LogP contribution >= 0.6 is 23.4 Å². The fraction of sp³-hybridized carbons (Fsp3) is 0.318. The van der Waals surface area contributed by atoms with E-state index in [4.69, 9.17) is 16.6 Å². The molecular formula is C22H24ClN5S. The normalized spacial score (nSPS) is 13.1. The molecule has 29 heavy (non-hydrogen) atoms. The monoisotopic (exact) mass is 425 g/mol. The SMILES string of the molecule is C[C@@H](Sc1nncn1C(C)(C)C)c1nc2cc(Cl)ccc2n1Cc1ccccc1. The molecule has 0 saturated carbocycles. The summed E-state index contributed by atoms with van der Waals surface area (Å²) in [4.78, 5) is 4.94. The molecule has 150 valence electrons. The minimum Gasteiger partial charge on any atom is -0.323 e. The van der Waals surface area contributed by atoms with Crippen molar-refractivity contribution in [3.63, 3.8) is 0 Å². The Balaban J connectivity index is 1.74. The van der Waals surface area contributed by atoms with Crippen LogP contribution in [0.25, 0.3) is 11.0 Å². The number of nitrogens with zero attached hydrogens (tertiary/aromatic N) is 5. The maximum absolute atomic E-state index is 6.23. The number of hydrogen-bond acceptors (Lipinski definition) is 4. The van der Waals surface area contributed by atoms with Gasteiger partial charge in [-0.1, -0.05) is 53.7 Å². The molecule has 0 saturated heterocycles. The number of imidazole rings is 1. The summed E-state index contributed by atoms with van der Waals surface area (Å²) in [5, 5.41) is 10.2. The van der Waals surface area contributed by atoms with Crippen molar-refractivity contribution >= 4 is 34.4 Å². The highest BCUT2D eigenvalue weighted by molar-refractivity contribution is 7.99. The minimum absolute atomic E-state index is 0.0801. The van der Waals surface area contributed by atoms with E-state index in [9.17, 15) is 0 Å². The lowest BCUT2D eigenvalue weighted by molar-refractivity contribution is 0.367. The number of halogens is 1. The fourth-order valence-corrected chi connectivity index (χ4v) is 4.64. The molecule has 0 amide bonds. The summed E-state index contributed by atoms with van der Waals surface area (Å²) in [5.74, 6) is 1.000. The Labute approximate surface area is 180 Å². The maximum atomic E-state index is 6.23. The van der Waals surface area contributed by atoms with E-state index in [1.807, 2.05) is 24.3 Å². The van der Waals surface area contributed by atoms with Crippen molar-refractivity contribution in [3.8, 4) is 0 Å². The van der Waals surface area contributed by atoms with E-state index < -0.39 is 0 Å². The van der Waals surface area contributed by atoms with Gasteiger partial charge in [-0.15, -0.1) is 10.2 Å². The average molecular weight is 426 g/mol. The van der Waals surface area contributed by atoms with Crippen molar-refractivity contribution in [3.05, 3.63) is 71.3 Å². The molecule has 2 aromatic carbocycles. The molecule has 0 aliphatic rings. The van der Waals surface area contributed by atoms with Gasteiger partial charge in [-0.3, -0.25) is 0 Å². The number of thioether (sulfide) groups is 1. The van der Waals surface area contributed by atoms with Crippen molar-refractivity contribution in [2.24, 2.45) is 0 Å². The highest BCUT2D eigenvalue weighted by atomic mass is 35.5. The van der Waals surface area contributed by atoms with Gasteiger partial charge in [-0.2, -0.15) is 0 Å². The number of fused-ring (bicyclic) bond motifs is 1. The summed E-state index contributed by atoms with van der Waals surface area (Å²) in [5.41, 5.74) is 3.15. The van der Waals surface area contributed by atoms with Crippen molar-refractivity contribution in [2.45, 2.75) is 50.2 Å². The Bertz CT molecular complexity index is 1130. The molecule has 0 radical (unpaired) electrons. The number of hydrogen-bond donors (Lipinski definition) is 0. The Morgan fingerprint density at radius 2 is 1.86 bits per heavy atom. The van der Waals surface area contributed by atoms with Gasteiger partial charge in [0.1, 0.15) is 12.2 Å². The van der Waals surface area contributed by atoms with Crippen molar-refractivity contribution in [2.75, 3.05) is 0 Å². The van der Waals surface area contributed by atoms with Gasteiger partial charge < -0.3 is 9.13 Å². The molecule has 4 rings (SSSR count). The number of rotatable bonds is 5. The van der Waals surface area contributed by atoms with E-state index >= 15 is 0 Å². The van der Waals surface area contributed by atoms with Crippen LogP contribution in [0.5, 0.6) is 0 Å². The molecule has 0 aliphatic carbocycles. The first-order valence-electron chi connectivity index (χ1n) is 9.59. The minimum atomic E-state index is -0.0801. The summed E-state index contributed by atoms with van der Waals surface area (Å²) in [6, 6.07) is 16.3. The van der Waals surface area contributed by atoms with Crippen molar-refractivity contribution in [1.82, 2.24) is 24.3 Å². The van der Waals surface area contributed by atoms with E-state index in [0.29, 0.717) is 5.02 Å². The zero-order chi connectivity index (χ0) is 20.6. The zero-order valence-electron chi connectivity index (χ0n) is 17.0. The Hall–Kier alpha value is -2.31. The van der Waals surface area contributed by atoms with Gasteiger partial charge in [-0.05, 0) is 51.5 Å². The molecule has 0 unspecified atom stereocenters. The van der Waals surface area contributed by atoms with Crippen LogP contribution in [0.3, 0.4) is 0 Å². The maximum Gasteiger partial charge on any atom is 0.192 e. The van der Waals surface area contributed by atoms with E-state index in [2.05, 4.69) is 71.3 Å². The molecule has 2 aromatic heterocycles. The lowest BCUT2D eigenvalue weighted by Gasteiger charge is -2.23. The first-order chi connectivity index (χ1) is 13.8. The molecule has 1 atom stereocenters. The smallest absolute Gasteiger partial charge is 0.192 e. The Morgan fingerprint density at radius 1 is 1.10 bits per heavy atom. The van der Waals surface area contributed by atoms with Gasteiger partial charge in [0.15, 0.2) is 5.16 Å². The summed E-state index contributed by atoms with van der Waals surface area (Å²) in [6.07, 6.45) is 1.79. The lowest BCUT2D eigenvalue weighted by Crippen LogP contribution is -2.22. The van der Waals surface area contributed by atoms with E-state index in [1.54, 1.807) is 18.1 Å². The van der Waals surface area contributed by atoms with Gasteiger partial charge >= 0.3 is 0 Å². The second-order valence-corrected chi connectivity index (χ2v) is 9.83. The highest BCUT2D eigenvalue weighted by Gasteiger charge is 2.23. The van der Waals surface area contributed by atoms with Crippen LogP contribution in [0.2, 0.25) is 5.02 Å². The lowest BCUT2D eigenvalue weighted by atomic mass is 10.1. The van der Waals surface area contributed by atoms with E-state index in [-0.39, 0.29) is 10.8 Å². The van der Waals surface area contributed by atoms with E-state index in [1.165, 1.54) is 5.56 Å². The fourth-order valence-electron chi connectivity index (χ4n) is 3.34. The molecular weight excluding hydrogens is 402 g/mol. The molecule has 4 aromatic rings. The van der Waals surface area contributed by atoms with Gasteiger partial charge in [0, 0.05) is 17.1 Å². The second kappa shape index (κ2) is 7.84. The predicted molar refractivity (Wildman–Crippen MR) is 120 cm³/mol. The van der Waals surface area contributed by atoms with Crippen LogP contribution in [0.4, 0.5) is 0 Å². The van der Waals surface area contributed by atoms with Crippen LogP contribution in [0.15, 0.2) is 60.0 Å². The summed E-state index contributed by atoms with van der Waals surface area (Å²) >= 11 is 7.90. The number of aromatic nitrogens is 5. The molecule has 0 N–H and O–H groups in total. The third kappa shape index (κ3) is 4.19. The van der Waals surface area contributed by atoms with E-state index in [0.717, 1.165) is 28.6 Å². The van der Waals surface area contributed by atoms with Crippen molar-refractivity contribution < 1.29 is 0 Å². The van der Waals surface area contributed by atoms with Crippen LogP contribution in [-0.4, -0.2) is 24.3 Å². The van der Waals surface area contributed by atoms with Crippen LogP contribution in [0, 0.1) is 0 Å². The Kier molecular flexibility index (Phi) is 5.40. The molecule has 0 fully saturated rings. The van der Waals surface area contributed by atoms with Crippen LogP contribution in [-0.2, 0) is 12.1 Å². The van der Waals surface area contributed by atoms with Gasteiger partial charge in [0.2, 0.25) is 0 Å². The molecule has 2 heterocycles. The summed E-state index contributed by atoms with van der Waals surface area (Å²) < 4.78 is 4.38. The van der Waals surface area contributed by atoms with Crippen molar-refractivity contribution in [1.29, 1.82) is 0 Å². The highest BCUT2D eigenvalue weighted by Crippen LogP contribution is 2.37. The third-order valence-electron chi connectivity index (χ3n) is 4.81. The first kappa shape index (κ1) is 20.0. The first-order valence-corrected chi connectivity index (χ1v) is 10.9. The molecule has 0 spiro atoms. The quantitative estimate of drug-likeness (QED) is 0.371. The largest absolute Gasteiger partial charge is 0.323 e. The topological polar surface area (TPSA) is 48.5 Å². The zero-order valence-corrected chi connectivity index (χ0v) is 18.6. The number of benzene rings is 2. The molecule has 0 bridgehead atoms. The molecule has 5 nitrogen and oxygen atoms in total. The molecule has 7 heteroatoms. The van der Waals surface area contributed by atoms with Crippen LogP contribution < -0.4 is 0 Å². The average Bonchev–Trinajstić information content (AvgIpc) is 3.27. The molecule has 0 aliphatic heterocycles. The summed E-state index contributed by atoms with van der Waals surface area (Å²) in [7, 11) is 0. The summed E-state index contributed by atoms with van der Waals surface area (Å²) in [6.45, 7) is 9.37. The predicted octanol–water partition coefficient (Wildman–Crippen LogP) is 5.94. The third-order valence-corrected chi connectivity index (χ3v) is 6.10. The van der Waals surface area contributed by atoms with Gasteiger partial charge in [-0.25, -0.2) is 4.98 Å². The standard InChI is InChI=1S/C22H24ClN5S/c1-15(29-21-26-24-14-28(21)22(2,3)4)20-25-18-12-17(23)10-11-19(18)27(20)13-16-8-6-5-7-9-16/h5-12,14-15H,13H2,1-4H3/t15-/m1/s1. The Morgan fingerprint density at radius 3 is 2.59 bits per heavy atom. The van der Waals surface area contributed by atoms with Gasteiger partial charge in [0.25, 0.3) is 0 Å². The second-order valence-electron chi connectivity index (χ2n) is 8.09. The van der Waals surface area contributed by atoms with Gasteiger partial charge in [0.05, 0.1) is 16.3 Å².